The topological polar surface area (TPSA) is 237 Å². The molecule has 16 nitrogen and oxygen atoms in total. The van der Waals surface area contributed by atoms with Gasteiger partial charge in [0.15, 0.2) is 6.10 Å². The van der Waals surface area contributed by atoms with Crippen molar-refractivity contribution >= 4 is 38.2 Å². The number of phosphoric acid groups is 1. The third-order valence-corrected chi connectivity index (χ3v) is 11.8. The Balaban J connectivity index is 0. The van der Waals surface area contributed by atoms with E-state index in [9.17, 15) is 33.4 Å². The van der Waals surface area contributed by atoms with E-state index >= 15 is 0 Å². The first kappa shape index (κ1) is 64.3. The van der Waals surface area contributed by atoms with Crippen molar-refractivity contribution in [3.8, 4) is 0 Å². The van der Waals surface area contributed by atoms with E-state index in [0.717, 1.165) is 38.5 Å². The Morgan fingerprint density at radius 1 is 0.492 bits per heavy atom. The molecule has 0 aromatic rings. The van der Waals surface area contributed by atoms with Crippen LogP contribution in [0.25, 0.3) is 0 Å². The highest BCUT2D eigenvalue weighted by molar-refractivity contribution is 7.47. The van der Waals surface area contributed by atoms with E-state index in [2.05, 4.69) is 24.5 Å². The molecule has 0 aromatic carbocycles. The van der Waals surface area contributed by atoms with Crippen LogP contribution >= 0.6 is 7.82 Å². The molecule has 2 atom stereocenters. The molecule has 0 heterocycles. The second kappa shape index (κ2) is 49.1. The molecule has 17 heteroatoms. The lowest BCUT2D eigenvalue weighted by atomic mass is 10.0. The molecule has 0 rings (SSSR count). The predicted molar refractivity (Wildman–Crippen MR) is 256 cm³/mol. The third kappa shape index (κ3) is 49.0. The highest BCUT2D eigenvalue weighted by Crippen LogP contribution is 2.43. The zero-order valence-electron chi connectivity index (χ0n) is 40.9. The van der Waals surface area contributed by atoms with Crippen LogP contribution in [0, 0.1) is 0 Å². The fourth-order valence-electron chi connectivity index (χ4n) is 7.03. The second-order valence-electron chi connectivity index (χ2n) is 16.9. The van der Waals surface area contributed by atoms with Crippen LogP contribution in [0.3, 0.4) is 0 Å². The van der Waals surface area contributed by atoms with E-state index in [1.165, 1.54) is 141 Å². The van der Waals surface area contributed by atoms with E-state index < -0.39 is 51.3 Å². The fourth-order valence-corrected chi connectivity index (χ4v) is 7.78. The smallest absolute Gasteiger partial charge is 0.462 e. The van der Waals surface area contributed by atoms with E-state index in [4.69, 9.17) is 28.0 Å². The fraction of sp³-hybridized carbons (Fsp3) is 0.896. The van der Waals surface area contributed by atoms with Crippen LogP contribution in [0.4, 0.5) is 9.59 Å². The van der Waals surface area contributed by atoms with Gasteiger partial charge in [0.05, 0.1) is 13.2 Å². The molecule has 0 spiro atoms. The van der Waals surface area contributed by atoms with Gasteiger partial charge in [0.25, 0.3) is 0 Å². The zero-order chi connectivity index (χ0) is 47.0. The highest BCUT2D eigenvalue weighted by atomic mass is 31.2. The number of nitrogens with one attached hydrogen (secondary N) is 2. The van der Waals surface area contributed by atoms with E-state index in [1.807, 2.05) is 0 Å². The summed E-state index contributed by atoms with van der Waals surface area (Å²) in [7, 11) is -4.66. The monoisotopic (exact) mass is 952 g/mol. The number of unbranched alkanes of at least 4 members (excludes halogenated alkanes) is 28. The molecule has 0 aromatic heterocycles. The molecule has 65 heavy (non-hydrogen) atoms. The van der Waals surface area contributed by atoms with Crippen LogP contribution < -0.4 is 16.8 Å². The molecule has 384 valence electrons. The standard InChI is InChI=1S/C48H91N2O13P.H3N/c1-3-5-7-9-11-13-15-17-19-21-23-25-27-29-31-34-45(52)60-42-44(63-46(53)35-32-30-28-26-24-22-20-18-16-14-12-10-8-6-4-2)43-62-64(56,57)61-39-37-50-48(55)59-41-40-58-47(54)49-36-33-38-51;/h38,44H,3-37,39-43H2,1-2H3,(H,49,54)(H,50,55)(H,56,57);1H3. The van der Waals surface area contributed by atoms with Gasteiger partial charge in [-0.1, -0.05) is 194 Å². The van der Waals surface area contributed by atoms with Crippen LogP contribution in [0.1, 0.15) is 226 Å². The van der Waals surface area contributed by atoms with Crippen LogP contribution in [0.2, 0.25) is 0 Å². The normalized spacial score (nSPS) is 12.4. The van der Waals surface area contributed by atoms with Crippen molar-refractivity contribution in [1.29, 1.82) is 0 Å². The van der Waals surface area contributed by atoms with Crippen molar-refractivity contribution in [2.75, 3.05) is 46.1 Å². The summed E-state index contributed by atoms with van der Waals surface area (Å²) in [5, 5.41) is 4.66. The first-order valence-corrected chi connectivity index (χ1v) is 26.8. The molecule has 0 aliphatic carbocycles. The summed E-state index contributed by atoms with van der Waals surface area (Å²) < 4.78 is 43.2. The quantitative estimate of drug-likeness (QED) is 0.0146. The number of hydrogen-bond donors (Lipinski definition) is 4. The number of amides is 2. The Labute approximate surface area is 393 Å². The number of carbonyl (C=O) groups is 5. The van der Waals surface area contributed by atoms with Gasteiger partial charge in [-0.3, -0.25) is 18.6 Å². The molecule has 2 unspecified atom stereocenters. The van der Waals surface area contributed by atoms with Gasteiger partial charge in [-0.15, -0.1) is 0 Å². The van der Waals surface area contributed by atoms with Gasteiger partial charge in [-0.05, 0) is 12.8 Å². The van der Waals surface area contributed by atoms with Gasteiger partial charge in [-0.25, -0.2) is 14.2 Å². The lowest BCUT2D eigenvalue weighted by Gasteiger charge is -2.20. The maximum Gasteiger partial charge on any atom is 0.472 e. The van der Waals surface area contributed by atoms with E-state index in [1.54, 1.807) is 0 Å². The van der Waals surface area contributed by atoms with E-state index in [-0.39, 0.29) is 58.3 Å². The molecule has 0 saturated heterocycles. The lowest BCUT2D eigenvalue weighted by Crippen LogP contribution is -2.31. The Morgan fingerprint density at radius 3 is 1.26 bits per heavy atom. The molecular formula is C48H94N3O13P. The minimum absolute atomic E-state index is 0. The van der Waals surface area contributed by atoms with Gasteiger partial charge in [-0.2, -0.15) is 0 Å². The molecule has 6 N–H and O–H groups in total. The predicted octanol–water partition coefficient (Wildman–Crippen LogP) is 12.3. The summed E-state index contributed by atoms with van der Waals surface area (Å²) >= 11 is 0. The van der Waals surface area contributed by atoms with Gasteiger partial charge in [0.1, 0.15) is 26.1 Å². The van der Waals surface area contributed by atoms with Gasteiger partial charge in [0.2, 0.25) is 0 Å². The summed E-state index contributed by atoms with van der Waals surface area (Å²) in [5.74, 6) is -0.953. The summed E-state index contributed by atoms with van der Waals surface area (Å²) in [4.78, 5) is 69.1. The van der Waals surface area contributed by atoms with Crippen LogP contribution in [0.5, 0.6) is 0 Å². The molecule has 2 amide bonds. The van der Waals surface area contributed by atoms with Gasteiger partial charge in [0, 0.05) is 32.4 Å². The maximum absolute atomic E-state index is 12.8. The average molecular weight is 952 g/mol. The third-order valence-electron chi connectivity index (χ3n) is 10.8. The van der Waals surface area contributed by atoms with Crippen molar-refractivity contribution in [3.05, 3.63) is 0 Å². The number of ether oxygens (including phenoxy) is 4. The first-order valence-electron chi connectivity index (χ1n) is 25.3. The largest absolute Gasteiger partial charge is 0.472 e. The molecular weight excluding hydrogens is 858 g/mol. The number of hydrogen-bond acceptors (Lipinski definition) is 13. The van der Waals surface area contributed by atoms with Crippen molar-refractivity contribution in [1.82, 2.24) is 16.8 Å². The number of alkyl carbamates (subject to hydrolysis) is 2. The number of phosphoric ester groups is 1. The van der Waals surface area contributed by atoms with Crippen molar-refractivity contribution in [2.24, 2.45) is 0 Å². The van der Waals surface area contributed by atoms with Gasteiger partial charge >= 0.3 is 31.9 Å². The van der Waals surface area contributed by atoms with Gasteiger partial charge < -0.3 is 45.4 Å². The molecule has 0 saturated carbocycles. The molecule has 0 aliphatic heterocycles. The highest BCUT2D eigenvalue weighted by Gasteiger charge is 2.26. The summed E-state index contributed by atoms with van der Waals surface area (Å²) in [6.07, 6.45) is 34.8. The maximum atomic E-state index is 12.8. The van der Waals surface area contributed by atoms with Crippen LogP contribution in [0.15, 0.2) is 0 Å². The Kier molecular flexibility index (Phi) is 48.6. The Hall–Kier alpha value is -2.78. The Bertz CT molecular complexity index is 1180. The lowest BCUT2D eigenvalue weighted by molar-refractivity contribution is -0.161. The summed E-state index contributed by atoms with van der Waals surface area (Å²) in [6, 6.07) is 0. The SMILES string of the molecule is CCCCCCCCCCCCCCCCCC(=O)OCC(COP(=O)(O)OCCNC(=O)OCCOC(=O)NCCC=O)OC(=O)CCCCCCCCCCCCCCCCC.N. The number of carbonyl (C=O) groups excluding carboxylic acids is 5. The molecule has 0 aliphatic rings. The molecule has 0 bridgehead atoms. The average Bonchev–Trinajstić information content (AvgIpc) is 3.27. The number of rotatable bonds is 48. The van der Waals surface area contributed by atoms with E-state index in [0.29, 0.717) is 19.1 Å². The minimum Gasteiger partial charge on any atom is -0.462 e. The summed E-state index contributed by atoms with van der Waals surface area (Å²) in [6.45, 7) is 2.62. The number of esters is 2. The summed E-state index contributed by atoms with van der Waals surface area (Å²) in [5.41, 5.74) is 0. The van der Waals surface area contributed by atoms with Crippen LogP contribution in [-0.2, 0) is 46.9 Å². The minimum atomic E-state index is -4.66. The Morgan fingerprint density at radius 2 is 0.862 bits per heavy atom. The van der Waals surface area contributed by atoms with Crippen molar-refractivity contribution in [2.45, 2.75) is 232 Å². The van der Waals surface area contributed by atoms with Crippen LogP contribution in [-0.4, -0.2) is 87.5 Å². The molecule has 0 radical (unpaired) electrons. The first-order chi connectivity index (χ1) is 31.1. The second-order valence-corrected chi connectivity index (χ2v) is 18.3. The molecule has 0 fully saturated rings. The van der Waals surface area contributed by atoms with Crippen molar-refractivity contribution in [3.63, 3.8) is 0 Å². The van der Waals surface area contributed by atoms with Crippen molar-refractivity contribution < 1.29 is 61.4 Å². The number of aldehydes is 1. The zero-order valence-corrected chi connectivity index (χ0v) is 41.8.